The molecular formula is C13H12F4N2O4. The van der Waals surface area contributed by atoms with Gasteiger partial charge in [-0.25, -0.2) is 4.79 Å². The number of amides is 3. The van der Waals surface area contributed by atoms with E-state index in [4.69, 9.17) is 0 Å². The Kier molecular flexibility index (Phi) is 5.24. The van der Waals surface area contributed by atoms with E-state index in [2.05, 4.69) is 14.8 Å². The summed E-state index contributed by atoms with van der Waals surface area (Å²) in [5.74, 6) is -1.32. The molecule has 0 radical (unpaired) electrons. The lowest BCUT2D eigenvalue weighted by Gasteiger charge is -2.26. The van der Waals surface area contributed by atoms with Crippen LogP contribution in [0, 0.1) is 0 Å². The number of nitrogens with one attached hydrogen (secondary N) is 1. The Morgan fingerprint density at radius 1 is 1.13 bits per heavy atom. The Morgan fingerprint density at radius 2 is 1.83 bits per heavy atom. The maximum absolute atomic E-state index is 12.5. The summed E-state index contributed by atoms with van der Waals surface area (Å²) in [5.41, 5.74) is 0.0531. The number of hydrogen-bond acceptors (Lipinski definition) is 4. The molecule has 0 atom stereocenters. The molecule has 1 aromatic carbocycles. The molecule has 1 aliphatic rings. The minimum absolute atomic E-state index is 0.0531. The van der Waals surface area contributed by atoms with Crippen LogP contribution < -0.4 is 14.8 Å². The van der Waals surface area contributed by atoms with Crippen molar-refractivity contribution >= 4 is 11.9 Å². The fourth-order valence-electron chi connectivity index (χ4n) is 2.00. The van der Waals surface area contributed by atoms with Gasteiger partial charge >= 0.3 is 19.3 Å². The summed E-state index contributed by atoms with van der Waals surface area (Å²) < 4.78 is 57.6. The molecule has 1 aliphatic heterocycles. The van der Waals surface area contributed by atoms with E-state index in [0.29, 0.717) is 0 Å². The second-order valence-corrected chi connectivity index (χ2v) is 4.49. The summed E-state index contributed by atoms with van der Waals surface area (Å²) in [6.45, 7) is -6.48. The Hall–Kier alpha value is -2.52. The number of urea groups is 1. The molecule has 1 N–H and O–H groups in total. The van der Waals surface area contributed by atoms with E-state index in [1.807, 2.05) is 0 Å². The van der Waals surface area contributed by atoms with Crippen molar-refractivity contribution in [2.75, 3.05) is 6.54 Å². The SMILES string of the molecule is O=C1CCNC(=O)N1Cc1ccc(OC(F)F)cc1OC(F)F. The zero-order chi connectivity index (χ0) is 17.0. The molecule has 0 bridgehead atoms. The fourth-order valence-corrected chi connectivity index (χ4v) is 2.00. The Labute approximate surface area is 128 Å². The number of carbonyl (C=O) groups is 2. The molecule has 0 aliphatic carbocycles. The third-order valence-corrected chi connectivity index (χ3v) is 2.97. The number of carbonyl (C=O) groups excluding carboxylic acids is 2. The lowest BCUT2D eigenvalue weighted by Crippen LogP contribution is -2.49. The number of rotatable bonds is 6. The van der Waals surface area contributed by atoms with E-state index in [-0.39, 0.29) is 30.8 Å². The van der Waals surface area contributed by atoms with Crippen LogP contribution in [0.1, 0.15) is 12.0 Å². The minimum atomic E-state index is -3.21. The summed E-state index contributed by atoms with van der Waals surface area (Å²) in [7, 11) is 0. The van der Waals surface area contributed by atoms with Crippen LogP contribution >= 0.6 is 0 Å². The smallest absolute Gasteiger partial charge is 0.387 e. The van der Waals surface area contributed by atoms with Crippen LogP contribution in [0.2, 0.25) is 0 Å². The zero-order valence-electron chi connectivity index (χ0n) is 11.6. The highest BCUT2D eigenvalue weighted by atomic mass is 19.3. The molecule has 3 amide bonds. The molecule has 1 fully saturated rings. The number of benzene rings is 1. The Bertz CT molecular complexity index is 581. The molecule has 23 heavy (non-hydrogen) atoms. The number of ether oxygens (including phenoxy) is 2. The van der Waals surface area contributed by atoms with Crippen molar-refractivity contribution < 1.29 is 36.6 Å². The van der Waals surface area contributed by atoms with Gasteiger partial charge in [0.15, 0.2) is 0 Å². The van der Waals surface area contributed by atoms with E-state index in [1.54, 1.807) is 0 Å². The second-order valence-electron chi connectivity index (χ2n) is 4.49. The van der Waals surface area contributed by atoms with Crippen molar-refractivity contribution in [3.8, 4) is 11.5 Å². The van der Waals surface area contributed by atoms with Gasteiger partial charge in [0.2, 0.25) is 5.91 Å². The van der Waals surface area contributed by atoms with E-state index >= 15 is 0 Å². The monoisotopic (exact) mass is 336 g/mol. The predicted molar refractivity (Wildman–Crippen MR) is 68.3 cm³/mol. The molecule has 1 saturated heterocycles. The minimum Gasteiger partial charge on any atom is -0.435 e. The summed E-state index contributed by atoms with van der Waals surface area (Å²) >= 11 is 0. The number of halogens is 4. The fraction of sp³-hybridized carbons (Fsp3) is 0.385. The van der Waals surface area contributed by atoms with Gasteiger partial charge in [-0.3, -0.25) is 9.69 Å². The van der Waals surface area contributed by atoms with Crippen molar-refractivity contribution in [3.63, 3.8) is 0 Å². The van der Waals surface area contributed by atoms with Crippen LogP contribution in [0.15, 0.2) is 18.2 Å². The zero-order valence-corrected chi connectivity index (χ0v) is 11.6. The normalized spacial score (nSPS) is 15.1. The lowest BCUT2D eigenvalue weighted by molar-refractivity contribution is -0.129. The number of hydrogen-bond donors (Lipinski definition) is 1. The highest BCUT2D eigenvalue weighted by Crippen LogP contribution is 2.29. The maximum Gasteiger partial charge on any atom is 0.387 e. The molecular weight excluding hydrogens is 324 g/mol. The third kappa shape index (κ3) is 4.47. The highest BCUT2D eigenvalue weighted by Gasteiger charge is 2.27. The molecule has 1 heterocycles. The standard InChI is InChI=1S/C13H12F4N2O4/c14-11(15)22-8-2-1-7(9(5-8)23-12(16)17)6-19-10(20)3-4-18-13(19)21/h1-2,5,11-12H,3-4,6H2,(H,18,21). The topological polar surface area (TPSA) is 67.9 Å². The van der Waals surface area contributed by atoms with E-state index in [1.165, 1.54) is 6.07 Å². The van der Waals surface area contributed by atoms with E-state index in [9.17, 15) is 27.2 Å². The molecule has 1 aromatic rings. The van der Waals surface area contributed by atoms with Gasteiger partial charge < -0.3 is 14.8 Å². The summed E-state index contributed by atoms with van der Waals surface area (Å²) in [4.78, 5) is 24.2. The first-order valence-electron chi connectivity index (χ1n) is 6.47. The first-order chi connectivity index (χ1) is 10.9. The lowest BCUT2D eigenvalue weighted by atomic mass is 10.1. The largest absolute Gasteiger partial charge is 0.435 e. The van der Waals surface area contributed by atoms with E-state index in [0.717, 1.165) is 17.0 Å². The van der Waals surface area contributed by atoms with Crippen LogP contribution in [0.3, 0.4) is 0 Å². The number of imide groups is 1. The van der Waals surface area contributed by atoms with Gasteiger partial charge in [-0.15, -0.1) is 0 Å². The molecule has 0 spiro atoms. The Balaban J connectivity index is 2.25. The predicted octanol–water partition coefficient (Wildman–Crippen LogP) is 2.33. The van der Waals surface area contributed by atoms with Crippen LogP contribution in [-0.2, 0) is 11.3 Å². The van der Waals surface area contributed by atoms with Crippen molar-refractivity contribution in [1.82, 2.24) is 10.2 Å². The average Bonchev–Trinajstić information content (AvgIpc) is 2.43. The average molecular weight is 336 g/mol. The highest BCUT2D eigenvalue weighted by molar-refractivity contribution is 5.96. The molecule has 10 heteroatoms. The van der Waals surface area contributed by atoms with Gasteiger partial charge in [-0.1, -0.05) is 0 Å². The molecule has 0 unspecified atom stereocenters. The second kappa shape index (κ2) is 7.16. The summed E-state index contributed by atoms with van der Waals surface area (Å²) in [6, 6.07) is 2.45. The van der Waals surface area contributed by atoms with Gasteiger partial charge in [0.05, 0.1) is 6.54 Å². The van der Waals surface area contributed by atoms with Crippen LogP contribution in [0.25, 0.3) is 0 Å². The van der Waals surface area contributed by atoms with Crippen molar-refractivity contribution in [1.29, 1.82) is 0 Å². The maximum atomic E-state index is 12.5. The first kappa shape index (κ1) is 16.8. The summed E-state index contributed by atoms with van der Waals surface area (Å²) in [5, 5.41) is 2.43. The first-order valence-corrected chi connectivity index (χ1v) is 6.47. The number of nitrogens with zero attached hydrogens (tertiary/aromatic N) is 1. The van der Waals surface area contributed by atoms with Crippen LogP contribution in [0.5, 0.6) is 11.5 Å². The third-order valence-electron chi connectivity index (χ3n) is 2.97. The molecule has 2 rings (SSSR count). The number of alkyl halides is 4. The quantitative estimate of drug-likeness (QED) is 0.810. The summed E-state index contributed by atoms with van der Waals surface area (Å²) in [6.07, 6.45) is 0.0728. The van der Waals surface area contributed by atoms with Crippen LogP contribution in [0.4, 0.5) is 22.4 Å². The van der Waals surface area contributed by atoms with Gasteiger partial charge in [0, 0.05) is 24.6 Å². The van der Waals surface area contributed by atoms with Gasteiger partial charge in [0.1, 0.15) is 11.5 Å². The Morgan fingerprint density at radius 3 is 2.43 bits per heavy atom. The molecule has 0 aromatic heterocycles. The van der Waals surface area contributed by atoms with Gasteiger partial charge in [-0.2, -0.15) is 17.6 Å². The van der Waals surface area contributed by atoms with Gasteiger partial charge in [0.25, 0.3) is 0 Å². The van der Waals surface area contributed by atoms with Crippen molar-refractivity contribution in [3.05, 3.63) is 23.8 Å². The molecule has 6 nitrogen and oxygen atoms in total. The molecule has 126 valence electrons. The van der Waals surface area contributed by atoms with Gasteiger partial charge in [-0.05, 0) is 12.1 Å². The van der Waals surface area contributed by atoms with Crippen molar-refractivity contribution in [2.24, 2.45) is 0 Å². The van der Waals surface area contributed by atoms with Crippen LogP contribution in [-0.4, -0.2) is 36.6 Å². The van der Waals surface area contributed by atoms with Crippen molar-refractivity contribution in [2.45, 2.75) is 26.2 Å². The molecule has 0 saturated carbocycles. The van der Waals surface area contributed by atoms with E-state index < -0.39 is 30.9 Å².